The van der Waals surface area contributed by atoms with Crippen molar-refractivity contribution in [2.45, 2.75) is 25.3 Å². The van der Waals surface area contributed by atoms with Crippen molar-refractivity contribution in [3.63, 3.8) is 0 Å². The Morgan fingerprint density at radius 2 is 2.05 bits per heavy atom. The summed E-state index contributed by atoms with van der Waals surface area (Å²) < 4.78 is 12.8. The highest BCUT2D eigenvalue weighted by molar-refractivity contribution is 5.96. The predicted octanol–water partition coefficient (Wildman–Crippen LogP) is 2.42. The molecule has 1 heterocycles. The highest BCUT2D eigenvalue weighted by Gasteiger charge is 2.25. The molecule has 0 N–H and O–H groups in total. The van der Waals surface area contributed by atoms with E-state index in [-0.39, 0.29) is 11.6 Å². The summed E-state index contributed by atoms with van der Waals surface area (Å²) in [6.45, 7) is 2.93. The molecule has 1 aliphatic rings. The Hall–Kier alpha value is -1.26. The topological polar surface area (TPSA) is 23.6 Å². The maximum atomic E-state index is 12.8. The fourth-order valence-corrected chi connectivity index (χ4v) is 2.84. The zero-order valence-corrected chi connectivity index (χ0v) is 12.3. The van der Waals surface area contributed by atoms with E-state index in [9.17, 15) is 9.18 Å². The predicted molar refractivity (Wildman–Crippen MR) is 78.5 cm³/mol. The van der Waals surface area contributed by atoms with E-state index < -0.39 is 0 Å². The molecule has 1 aromatic rings. The maximum absolute atomic E-state index is 12.8. The fourth-order valence-electron chi connectivity index (χ4n) is 2.84. The minimum atomic E-state index is -0.299. The average Bonchev–Trinajstić information content (AvgIpc) is 2.83. The second kappa shape index (κ2) is 6.95. The van der Waals surface area contributed by atoms with Gasteiger partial charge in [0.05, 0.1) is 0 Å². The van der Waals surface area contributed by atoms with Crippen LogP contribution in [0.15, 0.2) is 24.3 Å². The van der Waals surface area contributed by atoms with E-state index in [1.165, 1.54) is 25.0 Å². The number of hydrogen-bond acceptors (Lipinski definition) is 3. The second-order valence-electron chi connectivity index (χ2n) is 5.77. The number of carbonyl (C=O) groups is 1. The molecule has 20 heavy (non-hydrogen) atoms. The number of carbonyl (C=O) groups excluding carboxylic acids is 1. The van der Waals surface area contributed by atoms with E-state index in [2.05, 4.69) is 23.9 Å². The van der Waals surface area contributed by atoms with Crippen LogP contribution in [0.1, 0.15) is 29.6 Å². The molecular weight excluding hydrogens is 255 g/mol. The normalized spacial score (nSPS) is 19.7. The van der Waals surface area contributed by atoms with Crippen LogP contribution in [-0.2, 0) is 0 Å². The summed E-state index contributed by atoms with van der Waals surface area (Å²) in [5, 5.41) is 0. The number of ketones is 1. The lowest BCUT2D eigenvalue weighted by molar-refractivity contribution is 0.0957. The summed E-state index contributed by atoms with van der Waals surface area (Å²) >= 11 is 0. The van der Waals surface area contributed by atoms with Crippen molar-refractivity contribution in [2.24, 2.45) is 0 Å². The molecule has 1 unspecified atom stereocenters. The van der Waals surface area contributed by atoms with Gasteiger partial charge in [0.15, 0.2) is 5.78 Å². The van der Waals surface area contributed by atoms with Gasteiger partial charge in [-0.25, -0.2) is 4.39 Å². The number of rotatable bonds is 6. The van der Waals surface area contributed by atoms with Gasteiger partial charge in [-0.1, -0.05) is 0 Å². The van der Waals surface area contributed by atoms with Gasteiger partial charge in [0.1, 0.15) is 5.82 Å². The maximum Gasteiger partial charge on any atom is 0.164 e. The van der Waals surface area contributed by atoms with E-state index >= 15 is 0 Å². The molecule has 1 aliphatic heterocycles. The molecule has 3 nitrogen and oxygen atoms in total. The van der Waals surface area contributed by atoms with Crippen LogP contribution in [0.2, 0.25) is 0 Å². The van der Waals surface area contributed by atoms with E-state index in [0.717, 1.165) is 19.6 Å². The van der Waals surface area contributed by atoms with Gasteiger partial charge in [0.2, 0.25) is 0 Å². The lowest BCUT2D eigenvalue weighted by Crippen LogP contribution is -2.38. The number of hydrogen-bond donors (Lipinski definition) is 0. The molecule has 110 valence electrons. The van der Waals surface area contributed by atoms with Crippen LogP contribution < -0.4 is 0 Å². The Morgan fingerprint density at radius 1 is 1.35 bits per heavy atom. The zero-order valence-electron chi connectivity index (χ0n) is 12.3. The molecule has 2 rings (SSSR count). The average molecular weight is 278 g/mol. The number of likely N-dealkylation sites (tertiary alicyclic amines) is 1. The van der Waals surface area contributed by atoms with Gasteiger partial charge in [-0.3, -0.25) is 9.69 Å². The summed E-state index contributed by atoms with van der Waals surface area (Å²) in [7, 11) is 4.17. The largest absolute Gasteiger partial charge is 0.308 e. The van der Waals surface area contributed by atoms with Crippen LogP contribution in [0.5, 0.6) is 0 Å². The van der Waals surface area contributed by atoms with Crippen LogP contribution >= 0.6 is 0 Å². The van der Waals surface area contributed by atoms with Crippen molar-refractivity contribution >= 4 is 5.78 Å². The fraction of sp³-hybridized carbons (Fsp3) is 0.562. The molecule has 0 saturated carbocycles. The first kappa shape index (κ1) is 15.1. The lowest BCUT2D eigenvalue weighted by Gasteiger charge is -2.26. The van der Waals surface area contributed by atoms with E-state index in [1.807, 2.05) is 0 Å². The molecule has 0 aliphatic carbocycles. The van der Waals surface area contributed by atoms with Crippen molar-refractivity contribution in [3.05, 3.63) is 35.6 Å². The van der Waals surface area contributed by atoms with Crippen LogP contribution in [-0.4, -0.2) is 55.4 Å². The van der Waals surface area contributed by atoms with E-state index in [4.69, 9.17) is 0 Å². The number of Topliss-reactive ketones (excluding diaryl/α,β-unsaturated/α-hetero) is 1. The van der Waals surface area contributed by atoms with Crippen molar-refractivity contribution in [1.29, 1.82) is 0 Å². The molecule has 0 aromatic heterocycles. The SMILES string of the molecule is CN(C)CC1CCCN1CCC(=O)c1ccc(F)cc1. The van der Waals surface area contributed by atoms with Crippen LogP contribution in [0, 0.1) is 5.82 Å². The summed E-state index contributed by atoms with van der Waals surface area (Å²) in [5.74, 6) is -0.201. The van der Waals surface area contributed by atoms with Gasteiger partial charge >= 0.3 is 0 Å². The molecule has 1 atom stereocenters. The van der Waals surface area contributed by atoms with Gasteiger partial charge in [-0.15, -0.1) is 0 Å². The third-order valence-electron chi connectivity index (χ3n) is 3.87. The summed E-state index contributed by atoms with van der Waals surface area (Å²) in [6, 6.07) is 6.39. The number of halogens is 1. The third-order valence-corrected chi connectivity index (χ3v) is 3.87. The second-order valence-corrected chi connectivity index (χ2v) is 5.77. The van der Waals surface area contributed by atoms with Crippen LogP contribution in [0.4, 0.5) is 4.39 Å². The minimum absolute atomic E-state index is 0.0977. The Labute approximate surface area is 120 Å². The number of nitrogens with zero attached hydrogens (tertiary/aromatic N) is 2. The zero-order chi connectivity index (χ0) is 14.5. The van der Waals surface area contributed by atoms with Crippen molar-refractivity contribution in [3.8, 4) is 0 Å². The number of likely N-dealkylation sites (N-methyl/N-ethyl adjacent to an activating group) is 1. The molecule has 0 spiro atoms. The standard InChI is InChI=1S/C16H23FN2O/c1-18(2)12-15-4-3-10-19(15)11-9-16(20)13-5-7-14(17)8-6-13/h5-8,15H,3-4,9-12H2,1-2H3. The Bertz CT molecular complexity index is 444. The minimum Gasteiger partial charge on any atom is -0.308 e. The molecule has 1 fully saturated rings. The smallest absolute Gasteiger partial charge is 0.164 e. The van der Waals surface area contributed by atoms with Crippen molar-refractivity contribution in [2.75, 3.05) is 33.7 Å². The first-order valence-electron chi connectivity index (χ1n) is 7.24. The first-order valence-corrected chi connectivity index (χ1v) is 7.24. The summed E-state index contributed by atoms with van der Waals surface area (Å²) in [5.41, 5.74) is 0.606. The molecule has 1 aromatic carbocycles. The van der Waals surface area contributed by atoms with Crippen LogP contribution in [0.3, 0.4) is 0 Å². The van der Waals surface area contributed by atoms with Gasteiger partial charge in [0.25, 0.3) is 0 Å². The monoisotopic (exact) mass is 278 g/mol. The molecular formula is C16H23FN2O. The van der Waals surface area contributed by atoms with E-state index in [1.54, 1.807) is 12.1 Å². The Morgan fingerprint density at radius 3 is 2.70 bits per heavy atom. The van der Waals surface area contributed by atoms with Crippen LogP contribution in [0.25, 0.3) is 0 Å². The summed E-state index contributed by atoms with van der Waals surface area (Å²) in [6.07, 6.45) is 2.93. The highest BCUT2D eigenvalue weighted by atomic mass is 19.1. The third kappa shape index (κ3) is 4.12. The van der Waals surface area contributed by atoms with Crippen molar-refractivity contribution in [1.82, 2.24) is 9.80 Å². The quantitative estimate of drug-likeness (QED) is 0.747. The molecule has 0 bridgehead atoms. The van der Waals surface area contributed by atoms with Gasteiger partial charge < -0.3 is 4.90 Å². The van der Waals surface area contributed by atoms with E-state index in [0.29, 0.717) is 18.0 Å². The van der Waals surface area contributed by atoms with Crippen molar-refractivity contribution < 1.29 is 9.18 Å². The Balaban J connectivity index is 1.85. The van der Waals surface area contributed by atoms with Gasteiger partial charge in [0, 0.05) is 31.1 Å². The number of benzene rings is 1. The summed E-state index contributed by atoms with van der Waals surface area (Å²) in [4.78, 5) is 16.7. The highest BCUT2D eigenvalue weighted by Crippen LogP contribution is 2.18. The molecule has 4 heteroatoms. The lowest BCUT2D eigenvalue weighted by atomic mass is 10.1. The Kier molecular flexibility index (Phi) is 5.26. The molecule has 0 radical (unpaired) electrons. The van der Waals surface area contributed by atoms with Gasteiger partial charge in [-0.2, -0.15) is 0 Å². The van der Waals surface area contributed by atoms with Gasteiger partial charge in [-0.05, 0) is 57.7 Å². The molecule has 1 saturated heterocycles. The first-order chi connectivity index (χ1) is 9.56. The molecule has 0 amide bonds.